The maximum Gasteiger partial charge on any atom is 0.401 e. The third-order valence-corrected chi connectivity index (χ3v) is 2.82. The number of alkyl halides is 3. The highest BCUT2D eigenvalue weighted by atomic mass is 32.2. The number of sulfonamides is 1. The Kier molecular flexibility index (Phi) is 3.62. The molecule has 8 heteroatoms. The summed E-state index contributed by atoms with van der Waals surface area (Å²) < 4.78 is 59.9. The highest BCUT2D eigenvalue weighted by Gasteiger charge is 2.34. The van der Waals surface area contributed by atoms with Gasteiger partial charge < -0.3 is 0 Å². The summed E-state index contributed by atoms with van der Waals surface area (Å²) in [5.74, 6) is 0. The molecule has 0 bridgehead atoms. The fourth-order valence-corrected chi connectivity index (χ4v) is 2.43. The number of likely N-dealkylation sites (tertiary alicyclic amines) is 1. The van der Waals surface area contributed by atoms with E-state index in [9.17, 15) is 21.6 Å². The summed E-state index contributed by atoms with van der Waals surface area (Å²) in [5, 5.41) is 0. The van der Waals surface area contributed by atoms with Crippen molar-refractivity contribution in [3.63, 3.8) is 0 Å². The number of nitrogens with one attached hydrogen (secondary N) is 1. The molecule has 1 unspecified atom stereocenters. The van der Waals surface area contributed by atoms with Gasteiger partial charge in [-0.05, 0) is 6.42 Å². The van der Waals surface area contributed by atoms with Crippen molar-refractivity contribution >= 4 is 10.0 Å². The molecule has 0 radical (unpaired) electrons. The summed E-state index contributed by atoms with van der Waals surface area (Å²) in [6, 6.07) is -0.401. The van der Waals surface area contributed by atoms with Crippen LogP contribution in [-0.4, -0.2) is 51.4 Å². The molecule has 15 heavy (non-hydrogen) atoms. The van der Waals surface area contributed by atoms with Gasteiger partial charge in [0.15, 0.2) is 0 Å². The second kappa shape index (κ2) is 4.26. The highest BCUT2D eigenvalue weighted by molar-refractivity contribution is 7.88. The van der Waals surface area contributed by atoms with Crippen LogP contribution in [0.2, 0.25) is 0 Å². The molecule has 4 nitrogen and oxygen atoms in total. The fraction of sp³-hybridized carbons (Fsp3) is 1.00. The largest absolute Gasteiger partial charge is 0.401 e. The van der Waals surface area contributed by atoms with E-state index in [1.54, 1.807) is 0 Å². The van der Waals surface area contributed by atoms with Crippen molar-refractivity contribution in [2.45, 2.75) is 18.6 Å². The van der Waals surface area contributed by atoms with Gasteiger partial charge in [0.05, 0.1) is 12.8 Å². The zero-order chi connectivity index (χ0) is 11.7. The van der Waals surface area contributed by atoms with Crippen molar-refractivity contribution < 1.29 is 21.6 Å². The molecule has 0 aromatic rings. The summed E-state index contributed by atoms with van der Waals surface area (Å²) in [6.07, 6.45) is -2.80. The van der Waals surface area contributed by atoms with Crippen molar-refractivity contribution in [2.75, 3.05) is 25.9 Å². The Bertz CT molecular complexity index is 315. The van der Waals surface area contributed by atoms with Gasteiger partial charge in [0.25, 0.3) is 0 Å². The molecule has 1 aliphatic rings. The molecule has 1 N–H and O–H groups in total. The maximum absolute atomic E-state index is 12.0. The molecule has 0 saturated carbocycles. The van der Waals surface area contributed by atoms with Crippen LogP contribution in [0.4, 0.5) is 13.2 Å². The molecular weight excluding hydrogens is 233 g/mol. The molecule has 0 aromatic carbocycles. The second-order valence-corrected chi connectivity index (χ2v) is 5.51. The normalized spacial score (nSPS) is 24.7. The summed E-state index contributed by atoms with van der Waals surface area (Å²) in [6.45, 7) is -0.589. The van der Waals surface area contributed by atoms with E-state index in [2.05, 4.69) is 4.72 Å². The van der Waals surface area contributed by atoms with E-state index in [-0.39, 0.29) is 13.1 Å². The molecule has 1 heterocycles. The zero-order valence-corrected chi connectivity index (χ0v) is 9.03. The molecule has 1 atom stereocenters. The van der Waals surface area contributed by atoms with Crippen molar-refractivity contribution in [3.8, 4) is 0 Å². The first-order chi connectivity index (χ1) is 6.66. The molecular formula is C7H13F3N2O2S. The lowest BCUT2D eigenvalue weighted by Crippen LogP contribution is -2.38. The molecule has 1 saturated heterocycles. The summed E-state index contributed by atoms with van der Waals surface area (Å²) in [4.78, 5) is 1.20. The molecule has 0 aromatic heterocycles. The maximum atomic E-state index is 12.0. The molecule has 0 aliphatic carbocycles. The summed E-state index contributed by atoms with van der Waals surface area (Å²) in [7, 11) is -3.33. The van der Waals surface area contributed by atoms with Crippen LogP contribution in [0.1, 0.15) is 6.42 Å². The van der Waals surface area contributed by atoms with Crippen LogP contribution in [0.5, 0.6) is 0 Å². The summed E-state index contributed by atoms with van der Waals surface area (Å²) >= 11 is 0. The van der Waals surface area contributed by atoms with Crippen LogP contribution in [0.3, 0.4) is 0 Å². The van der Waals surface area contributed by atoms with Gasteiger partial charge in [-0.2, -0.15) is 13.2 Å². The van der Waals surface area contributed by atoms with E-state index in [0.717, 1.165) is 6.26 Å². The predicted molar refractivity (Wildman–Crippen MR) is 48.9 cm³/mol. The van der Waals surface area contributed by atoms with Gasteiger partial charge in [0.1, 0.15) is 0 Å². The van der Waals surface area contributed by atoms with E-state index in [4.69, 9.17) is 0 Å². The predicted octanol–water partition coefficient (Wildman–Crippen LogP) is 0.172. The molecule has 0 spiro atoms. The first kappa shape index (κ1) is 12.7. The van der Waals surface area contributed by atoms with E-state index >= 15 is 0 Å². The van der Waals surface area contributed by atoms with Gasteiger partial charge in [-0.25, -0.2) is 13.1 Å². The van der Waals surface area contributed by atoms with Gasteiger partial charge in [-0.15, -0.1) is 0 Å². The van der Waals surface area contributed by atoms with Crippen LogP contribution in [-0.2, 0) is 10.0 Å². The first-order valence-corrected chi connectivity index (χ1v) is 6.31. The lowest BCUT2D eigenvalue weighted by Gasteiger charge is -2.17. The van der Waals surface area contributed by atoms with Gasteiger partial charge in [-0.1, -0.05) is 0 Å². The van der Waals surface area contributed by atoms with Crippen LogP contribution >= 0.6 is 0 Å². The quantitative estimate of drug-likeness (QED) is 0.772. The average molecular weight is 246 g/mol. The van der Waals surface area contributed by atoms with Crippen molar-refractivity contribution in [3.05, 3.63) is 0 Å². The Hall–Kier alpha value is -0.340. The lowest BCUT2D eigenvalue weighted by molar-refractivity contribution is -0.143. The van der Waals surface area contributed by atoms with E-state index in [1.807, 2.05) is 0 Å². The lowest BCUT2D eigenvalue weighted by atomic mass is 10.3. The number of hydrogen-bond acceptors (Lipinski definition) is 3. The topological polar surface area (TPSA) is 49.4 Å². The van der Waals surface area contributed by atoms with Gasteiger partial charge in [0.2, 0.25) is 10.0 Å². The minimum atomic E-state index is -4.22. The second-order valence-electron chi connectivity index (χ2n) is 3.73. The monoisotopic (exact) mass is 246 g/mol. The SMILES string of the molecule is CS(=O)(=O)NC1CCN(CC(F)(F)F)C1. The molecule has 0 amide bonds. The standard InChI is InChI=1S/C7H13F3N2O2S/c1-15(13,14)11-6-2-3-12(4-6)5-7(8,9)10/h6,11H,2-5H2,1H3. The minimum Gasteiger partial charge on any atom is -0.293 e. The molecule has 1 rings (SSSR count). The minimum absolute atomic E-state index is 0.118. The Morgan fingerprint density at radius 2 is 2.07 bits per heavy atom. The van der Waals surface area contributed by atoms with Gasteiger partial charge >= 0.3 is 6.18 Å². The average Bonchev–Trinajstić information content (AvgIpc) is 2.28. The van der Waals surface area contributed by atoms with Crippen LogP contribution in [0.25, 0.3) is 0 Å². The number of rotatable bonds is 3. The van der Waals surface area contributed by atoms with Gasteiger partial charge in [0, 0.05) is 19.1 Å². The number of halogens is 3. The molecule has 1 fully saturated rings. The number of nitrogens with zero attached hydrogens (tertiary/aromatic N) is 1. The summed E-state index contributed by atoms with van der Waals surface area (Å²) in [5.41, 5.74) is 0. The molecule has 90 valence electrons. The van der Waals surface area contributed by atoms with E-state index in [0.29, 0.717) is 6.42 Å². The zero-order valence-electron chi connectivity index (χ0n) is 8.21. The smallest absolute Gasteiger partial charge is 0.293 e. The third kappa shape index (κ3) is 5.33. The van der Waals surface area contributed by atoms with Crippen LogP contribution in [0, 0.1) is 0 Å². The fourth-order valence-electron chi connectivity index (χ4n) is 1.63. The molecule has 1 aliphatic heterocycles. The van der Waals surface area contributed by atoms with E-state index in [1.165, 1.54) is 4.90 Å². The first-order valence-electron chi connectivity index (χ1n) is 4.42. The van der Waals surface area contributed by atoms with Crippen molar-refractivity contribution in [2.24, 2.45) is 0 Å². The van der Waals surface area contributed by atoms with E-state index < -0.39 is 28.8 Å². The van der Waals surface area contributed by atoms with Crippen molar-refractivity contribution in [1.29, 1.82) is 0 Å². The van der Waals surface area contributed by atoms with Crippen molar-refractivity contribution in [1.82, 2.24) is 9.62 Å². The number of hydrogen-bond donors (Lipinski definition) is 1. The van der Waals surface area contributed by atoms with Crippen LogP contribution < -0.4 is 4.72 Å². The Labute approximate surface area is 86.5 Å². The van der Waals surface area contributed by atoms with Gasteiger partial charge in [-0.3, -0.25) is 4.90 Å². The Morgan fingerprint density at radius 1 is 1.47 bits per heavy atom. The third-order valence-electron chi connectivity index (χ3n) is 2.06. The van der Waals surface area contributed by atoms with Crippen LogP contribution in [0.15, 0.2) is 0 Å². The Morgan fingerprint density at radius 3 is 2.53 bits per heavy atom. The highest BCUT2D eigenvalue weighted by Crippen LogP contribution is 2.19. The Balaban J connectivity index is 2.40.